The molecule has 0 bridgehead atoms. The van der Waals surface area contributed by atoms with Gasteiger partial charge in [-0.05, 0) is 82.9 Å². The van der Waals surface area contributed by atoms with Crippen molar-refractivity contribution in [3.63, 3.8) is 0 Å². The van der Waals surface area contributed by atoms with Gasteiger partial charge in [0.25, 0.3) is 5.91 Å². The van der Waals surface area contributed by atoms with Gasteiger partial charge in [0.05, 0.1) is 23.7 Å². The van der Waals surface area contributed by atoms with Crippen molar-refractivity contribution in [3.05, 3.63) is 131 Å². The number of carbonyl (C=O) groups is 2. The Bertz CT molecular complexity index is 1990. The molecule has 0 aliphatic rings. The number of hydrogen-bond acceptors (Lipinski definition) is 4. The van der Waals surface area contributed by atoms with E-state index in [1.54, 1.807) is 29.8 Å². The third kappa shape index (κ3) is 5.19. The average molecular weight is 563 g/mol. The van der Waals surface area contributed by atoms with Crippen LogP contribution in [0, 0.1) is 11.6 Å². The van der Waals surface area contributed by atoms with Crippen LogP contribution in [0.15, 0.2) is 97.1 Å². The first-order valence-electron chi connectivity index (χ1n) is 13.2. The topological polar surface area (TPSA) is 97.1 Å². The van der Waals surface area contributed by atoms with Crippen LogP contribution in [0.4, 0.5) is 8.78 Å². The molecule has 0 saturated carbocycles. The highest BCUT2D eigenvalue weighted by molar-refractivity contribution is 6.07. The fourth-order valence-electron chi connectivity index (χ4n) is 5.05. The summed E-state index contributed by atoms with van der Waals surface area (Å²) in [5, 5.41) is 22.9. The number of aromatic nitrogens is 3. The number of carboxylic acid groups (broad SMARTS) is 1. The normalized spacial score (nSPS) is 12.0. The third-order valence-corrected chi connectivity index (χ3v) is 7.24. The molecule has 0 saturated heterocycles. The minimum absolute atomic E-state index is 0.00710. The quantitative estimate of drug-likeness (QED) is 0.224. The predicted molar refractivity (Wildman–Crippen MR) is 155 cm³/mol. The number of carboxylic acids is 1. The van der Waals surface area contributed by atoms with Gasteiger partial charge in [-0.25, -0.2) is 18.3 Å². The minimum Gasteiger partial charge on any atom is -0.478 e. The lowest BCUT2D eigenvalue weighted by Crippen LogP contribution is -2.27. The Kier molecular flexibility index (Phi) is 6.92. The van der Waals surface area contributed by atoms with Gasteiger partial charge in [-0.3, -0.25) is 4.79 Å². The second-order valence-electron chi connectivity index (χ2n) is 10.1. The lowest BCUT2D eigenvalue weighted by Gasteiger charge is -2.16. The average Bonchev–Trinajstić information content (AvgIpc) is 3.40. The summed E-state index contributed by atoms with van der Waals surface area (Å²) in [5.41, 5.74) is 3.01. The number of benzene rings is 5. The SMILES string of the molecule is C[C@H](NC(=O)c1cc(-c2cc(F)ccc2F)cc2nnn(Cc3ccc4ccccc4c3)c12)c1ccc(C(=O)O)cc1. The van der Waals surface area contributed by atoms with E-state index in [1.165, 1.54) is 18.2 Å². The van der Waals surface area contributed by atoms with Crippen molar-refractivity contribution in [1.29, 1.82) is 0 Å². The summed E-state index contributed by atoms with van der Waals surface area (Å²) >= 11 is 0. The molecule has 42 heavy (non-hydrogen) atoms. The first-order valence-corrected chi connectivity index (χ1v) is 13.2. The molecule has 5 aromatic carbocycles. The van der Waals surface area contributed by atoms with E-state index in [4.69, 9.17) is 0 Å². The molecule has 2 N–H and O–H groups in total. The van der Waals surface area contributed by atoms with Crippen LogP contribution in [0.25, 0.3) is 32.9 Å². The Balaban J connectivity index is 1.42. The standard InChI is InChI=1S/C33H24F2N4O3/c1-19(21-8-10-23(11-9-21)33(41)42)36-32(40)28-15-25(27-17-26(34)12-13-29(27)35)16-30-31(28)39(38-37-30)18-20-6-7-22-4-2-3-5-24(22)14-20/h2-17,19H,18H2,1H3,(H,36,40)(H,41,42)/t19-/m0/s1. The van der Waals surface area contributed by atoms with E-state index in [0.717, 1.165) is 34.5 Å². The van der Waals surface area contributed by atoms with Crippen LogP contribution in [-0.2, 0) is 6.54 Å². The highest BCUT2D eigenvalue weighted by Crippen LogP contribution is 2.30. The van der Waals surface area contributed by atoms with E-state index in [1.807, 2.05) is 42.5 Å². The van der Waals surface area contributed by atoms with Gasteiger partial charge in [0.1, 0.15) is 22.7 Å². The third-order valence-electron chi connectivity index (χ3n) is 7.24. The first-order chi connectivity index (χ1) is 20.3. The molecule has 6 rings (SSSR count). The largest absolute Gasteiger partial charge is 0.478 e. The lowest BCUT2D eigenvalue weighted by molar-refractivity contribution is 0.0696. The molecule has 0 aliphatic heterocycles. The number of carbonyl (C=O) groups excluding carboxylic acids is 1. The molecule has 208 valence electrons. The number of aromatic carboxylic acids is 1. The summed E-state index contributed by atoms with van der Waals surface area (Å²) in [5.74, 6) is -2.78. The Morgan fingerprint density at radius 1 is 0.905 bits per heavy atom. The van der Waals surface area contributed by atoms with Crippen molar-refractivity contribution in [2.45, 2.75) is 19.5 Å². The predicted octanol–water partition coefficient (Wildman–Crippen LogP) is 6.77. The summed E-state index contributed by atoms with van der Waals surface area (Å²) in [7, 11) is 0. The van der Waals surface area contributed by atoms with Crippen molar-refractivity contribution < 1.29 is 23.5 Å². The minimum atomic E-state index is -1.05. The Morgan fingerprint density at radius 2 is 1.67 bits per heavy atom. The maximum Gasteiger partial charge on any atom is 0.335 e. The number of halogens is 2. The molecule has 0 aliphatic carbocycles. The molecule has 0 unspecified atom stereocenters. The summed E-state index contributed by atoms with van der Waals surface area (Å²) in [4.78, 5) is 25.0. The van der Waals surface area contributed by atoms with E-state index in [2.05, 4.69) is 15.6 Å². The molecular weight excluding hydrogens is 538 g/mol. The zero-order chi connectivity index (χ0) is 29.4. The maximum absolute atomic E-state index is 14.8. The van der Waals surface area contributed by atoms with Gasteiger partial charge in [0, 0.05) is 5.56 Å². The zero-order valence-corrected chi connectivity index (χ0v) is 22.4. The number of hydrogen-bond donors (Lipinski definition) is 2. The van der Waals surface area contributed by atoms with Crippen molar-refractivity contribution in [1.82, 2.24) is 20.3 Å². The second kappa shape index (κ2) is 10.9. The van der Waals surface area contributed by atoms with E-state index in [0.29, 0.717) is 23.1 Å². The van der Waals surface area contributed by atoms with Gasteiger partial charge < -0.3 is 10.4 Å². The van der Waals surface area contributed by atoms with Crippen molar-refractivity contribution in [2.24, 2.45) is 0 Å². The van der Waals surface area contributed by atoms with Gasteiger partial charge in [-0.1, -0.05) is 53.7 Å². The van der Waals surface area contributed by atoms with Crippen LogP contribution in [0.5, 0.6) is 0 Å². The Labute approximate surface area is 239 Å². The molecule has 7 nitrogen and oxygen atoms in total. The van der Waals surface area contributed by atoms with Crippen LogP contribution in [-0.4, -0.2) is 32.0 Å². The number of nitrogens with one attached hydrogen (secondary N) is 1. The van der Waals surface area contributed by atoms with E-state index < -0.39 is 29.6 Å². The zero-order valence-electron chi connectivity index (χ0n) is 22.4. The Morgan fingerprint density at radius 3 is 2.43 bits per heavy atom. The molecular formula is C33H24F2N4O3. The summed E-state index contributed by atoms with van der Waals surface area (Å²) in [6, 6.07) is 26.0. The van der Waals surface area contributed by atoms with Gasteiger partial charge in [0.2, 0.25) is 0 Å². The van der Waals surface area contributed by atoms with Crippen molar-refractivity contribution >= 4 is 33.7 Å². The van der Waals surface area contributed by atoms with Gasteiger partial charge >= 0.3 is 5.97 Å². The highest BCUT2D eigenvalue weighted by atomic mass is 19.1. The van der Waals surface area contributed by atoms with E-state index >= 15 is 0 Å². The maximum atomic E-state index is 14.8. The van der Waals surface area contributed by atoms with Gasteiger partial charge in [0.15, 0.2) is 0 Å². The molecule has 0 radical (unpaired) electrons. The molecule has 0 fully saturated rings. The molecule has 1 amide bonds. The molecule has 6 aromatic rings. The molecule has 0 spiro atoms. The second-order valence-corrected chi connectivity index (χ2v) is 10.1. The summed E-state index contributed by atoms with van der Waals surface area (Å²) in [6.45, 7) is 2.09. The van der Waals surface area contributed by atoms with Crippen LogP contribution in [0.2, 0.25) is 0 Å². The number of rotatable bonds is 7. The van der Waals surface area contributed by atoms with Crippen molar-refractivity contribution in [3.8, 4) is 11.1 Å². The van der Waals surface area contributed by atoms with Crippen molar-refractivity contribution in [2.75, 3.05) is 0 Å². The van der Waals surface area contributed by atoms with E-state index in [-0.39, 0.29) is 22.3 Å². The summed E-state index contributed by atoms with van der Waals surface area (Å²) < 4.78 is 30.5. The van der Waals surface area contributed by atoms with Gasteiger partial charge in [-0.15, -0.1) is 5.10 Å². The Hall–Kier alpha value is -5.44. The first kappa shape index (κ1) is 26.8. The van der Waals surface area contributed by atoms with Gasteiger partial charge in [-0.2, -0.15) is 0 Å². The smallest absolute Gasteiger partial charge is 0.335 e. The number of amides is 1. The fourth-order valence-corrected chi connectivity index (χ4v) is 5.05. The highest BCUT2D eigenvalue weighted by Gasteiger charge is 2.22. The van der Waals surface area contributed by atoms with Crippen LogP contribution < -0.4 is 5.32 Å². The number of nitrogens with zero attached hydrogens (tertiary/aromatic N) is 3. The molecule has 1 atom stereocenters. The van der Waals surface area contributed by atoms with Crippen LogP contribution in [0.1, 0.15) is 44.8 Å². The van der Waals surface area contributed by atoms with Crippen LogP contribution >= 0.6 is 0 Å². The fraction of sp³-hybridized carbons (Fsp3) is 0.0909. The van der Waals surface area contributed by atoms with Crippen LogP contribution in [0.3, 0.4) is 0 Å². The van der Waals surface area contributed by atoms with E-state index in [9.17, 15) is 23.5 Å². The summed E-state index contributed by atoms with van der Waals surface area (Å²) in [6.07, 6.45) is 0. The molecule has 9 heteroatoms. The molecule has 1 heterocycles. The monoisotopic (exact) mass is 562 g/mol. The number of fused-ring (bicyclic) bond motifs is 2. The lowest BCUT2D eigenvalue weighted by atomic mass is 9.99. The molecule has 1 aromatic heterocycles.